The molecule has 0 bridgehead atoms. The van der Waals surface area contributed by atoms with Crippen LogP contribution in [-0.4, -0.2) is 69.4 Å². The van der Waals surface area contributed by atoms with E-state index in [0.29, 0.717) is 53.7 Å². The van der Waals surface area contributed by atoms with Crippen molar-refractivity contribution in [1.82, 2.24) is 28.9 Å². The van der Waals surface area contributed by atoms with Crippen molar-refractivity contribution in [2.75, 3.05) is 39.9 Å². The number of nitrogens with zero attached hydrogens (tertiary/aromatic N) is 5. The molecule has 190 valence electrons. The highest BCUT2D eigenvalue weighted by Crippen LogP contribution is 2.28. The summed E-state index contributed by atoms with van der Waals surface area (Å²) in [7, 11) is 3.23. The Morgan fingerprint density at radius 3 is 2.47 bits per heavy atom. The topological polar surface area (TPSA) is 113 Å². The van der Waals surface area contributed by atoms with Gasteiger partial charge in [-0.05, 0) is 38.0 Å². The summed E-state index contributed by atoms with van der Waals surface area (Å²) in [6.45, 7) is 7.05. The lowest BCUT2D eigenvalue weighted by Crippen LogP contribution is -2.47. The number of hydrogen-bond acceptors (Lipinski definition) is 7. The lowest BCUT2D eigenvalue weighted by atomic mass is 10.2. The molecule has 0 atom stereocenters. The third-order valence-electron chi connectivity index (χ3n) is 6.18. The average Bonchev–Trinajstić information content (AvgIpc) is 3.23. The van der Waals surface area contributed by atoms with Gasteiger partial charge in [-0.25, -0.2) is 9.78 Å². The molecule has 1 aliphatic rings. The fraction of sp³-hybridized carbons (Fsp3) is 0.440. The van der Waals surface area contributed by atoms with Gasteiger partial charge < -0.3 is 24.3 Å². The Morgan fingerprint density at radius 1 is 1.08 bits per heavy atom. The van der Waals surface area contributed by atoms with E-state index in [1.807, 2.05) is 6.92 Å². The highest BCUT2D eigenvalue weighted by atomic mass is 16.5. The molecule has 0 unspecified atom stereocenters. The molecule has 1 fully saturated rings. The molecule has 3 aromatic rings. The van der Waals surface area contributed by atoms with Crippen molar-refractivity contribution in [1.29, 1.82) is 0 Å². The Bertz CT molecular complexity index is 1470. The zero-order valence-electron chi connectivity index (χ0n) is 21.0. The van der Waals surface area contributed by atoms with Crippen molar-refractivity contribution in [3.05, 3.63) is 50.4 Å². The molecule has 1 aromatic carbocycles. The Labute approximate surface area is 208 Å². The summed E-state index contributed by atoms with van der Waals surface area (Å²) in [5.41, 5.74) is 0.519. The van der Waals surface area contributed by atoms with E-state index in [4.69, 9.17) is 9.47 Å². The first-order chi connectivity index (χ1) is 17.4. The van der Waals surface area contributed by atoms with Crippen molar-refractivity contribution in [3.63, 3.8) is 0 Å². The number of carbonyl (C=O) groups is 1. The van der Waals surface area contributed by atoms with Crippen LogP contribution in [0.5, 0.6) is 11.5 Å². The number of piperazine rings is 1. The number of methoxy groups -OCH3 is 1. The summed E-state index contributed by atoms with van der Waals surface area (Å²) in [6, 6.07) is 5.18. The van der Waals surface area contributed by atoms with Gasteiger partial charge >= 0.3 is 5.69 Å². The van der Waals surface area contributed by atoms with E-state index in [1.54, 1.807) is 41.6 Å². The number of imidazole rings is 1. The number of carbonyl (C=O) groups excluding carboxylic acids is 1. The SMILES string of the molecule is CCn1c(=O)c2c(nc(C#Cc3ccc(OCC(=O)N4CCNCC4)c(OC)c3)n2C)n(CC)c1=O. The van der Waals surface area contributed by atoms with Crippen LogP contribution in [0, 0.1) is 11.8 Å². The number of amides is 1. The molecule has 0 saturated carbocycles. The zero-order valence-corrected chi connectivity index (χ0v) is 21.0. The number of nitrogens with one attached hydrogen (secondary N) is 1. The van der Waals surface area contributed by atoms with Crippen LogP contribution >= 0.6 is 0 Å². The molecule has 2 aromatic heterocycles. The highest BCUT2D eigenvalue weighted by Gasteiger charge is 2.19. The molecule has 0 aliphatic carbocycles. The maximum absolute atomic E-state index is 12.9. The summed E-state index contributed by atoms with van der Waals surface area (Å²) < 4.78 is 15.4. The number of rotatable bonds is 6. The van der Waals surface area contributed by atoms with Gasteiger partial charge in [0.2, 0.25) is 0 Å². The standard InChI is InChI=1S/C25H30N6O5/c1-5-30-23-22(24(33)31(6-2)25(30)34)28(3)20(27-23)10-8-17-7-9-18(19(15-17)35-4)36-16-21(32)29-13-11-26-12-14-29/h7,9,15,26H,5-6,11-14,16H2,1-4H3. The number of aryl methyl sites for hydroxylation is 2. The molecule has 1 N–H and O–H groups in total. The summed E-state index contributed by atoms with van der Waals surface area (Å²) in [4.78, 5) is 44.2. The summed E-state index contributed by atoms with van der Waals surface area (Å²) in [6.07, 6.45) is 0. The van der Waals surface area contributed by atoms with Crippen LogP contribution in [0.15, 0.2) is 27.8 Å². The molecule has 1 amide bonds. The first-order valence-corrected chi connectivity index (χ1v) is 11.9. The van der Waals surface area contributed by atoms with Crippen molar-refractivity contribution in [2.45, 2.75) is 26.9 Å². The number of aromatic nitrogens is 4. The lowest BCUT2D eigenvalue weighted by molar-refractivity contribution is -0.133. The van der Waals surface area contributed by atoms with Gasteiger partial charge in [0.15, 0.2) is 35.1 Å². The molecule has 11 nitrogen and oxygen atoms in total. The van der Waals surface area contributed by atoms with Crippen LogP contribution in [0.4, 0.5) is 0 Å². The maximum Gasteiger partial charge on any atom is 0.332 e. The highest BCUT2D eigenvalue weighted by molar-refractivity contribution is 5.78. The van der Waals surface area contributed by atoms with E-state index >= 15 is 0 Å². The smallest absolute Gasteiger partial charge is 0.332 e. The van der Waals surface area contributed by atoms with Gasteiger partial charge in [-0.15, -0.1) is 0 Å². The summed E-state index contributed by atoms with van der Waals surface area (Å²) in [5.74, 6) is 7.21. The third-order valence-corrected chi connectivity index (χ3v) is 6.18. The quantitative estimate of drug-likeness (QED) is 0.486. The summed E-state index contributed by atoms with van der Waals surface area (Å²) in [5, 5.41) is 3.21. The fourth-order valence-corrected chi connectivity index (χ4v) is 4.18. The van der Waals surface area contributed by atoms with Gasteiger partial charge in [-0.2, -0.15) is 0 Å². The molecule has 0 spiro atoms. The Hall–Kier alpha value is -4.04. The predicted molar refractivity (Wildman–Crippen MR) is 135 cm³/mol. The van der Waals surface area contributed by atoms with Crippen LogP contribution < -0.4 is 26.0 Å². The third kappa shape index (κ3) is 4.72. The van der Waals surface area contributed by atoms with Crippen LogP contribution in [0.25, 0.3) is 11.2 Å². The second-order valence-electron chi connectivity index (χ2n) is 8.28. The van der Waals surface area contributed by atoms with Crippen molar-refractivity contribution >= 4 is 17.1 Å². The lowest BCUT2D eigenvalue weighted by Gasteiger charge is -2.27. The Balaban J connectivity index is 1.60. The average molecular weight is 495 g/mol. The molecule has 3 heterocycles. The number of hydrogen-bond donors (Lipinski definition) is 1. The number of ether oxygens (including phenoxy) is 2. The van der Waals surface area contributed by atoms with Crippen LogP contribution in [0.2, 0.25) is 0 Å². The van der Waals surface area contributed by atoms with E-state index in [2.05, 4.69) is 22.1 Å². The number of fused-ring (bicyclic) bond motifs is 1. The van der Waals surface area contributed by atoms with Crippen molar-refractivity contribution < 1.29 is 14.3 Å². The minimum Gasteiger partial charge on any atom is -0.493 e. The monoisotopic (exact) mass is 494 g/mol. The van der Waals surface area contributed by atoms with Gasteiger partial charge in [0.1, 0.15) is 0 Å². The van der Waals surface area contributed by atoms with Gasteiger partial charge in [0.25, 0.3) is 11.5 Å². The van der Waals surface area contributed by atoms with Crippen LogP contribution in [-0.2, 0) is 24.9 Å². The molecule has 1 saturated heterocycles. The molecular formula is C25H30N6O5. The minimum atomic E-state index is -0.385. The van der Waals surface area contributed by atoms with E-state index in [9.17, 15) is 14.4 Å². The largest absolute Gasteiger partial charge is 0.493 e. The fourth-order valence-electron chi connectivity index (χ4n) is 4.18. The van der Waals surface area contributed by atoms with Crippen molar-refractivity contribution in [3.8, 4) is 23.3 Å². The van der Waals surface area contributed by atoms with Crippen LogP contribution in [0.3, 0.4) is 0 Å². The second-order valence-corrected chi connectivity index (χ2v) is 8.28. The first-order valence-electron chi connectivity index (χ1n) is 11.9. The molecule has 1 aliphatic heterocycles. The predicted octanol–water partition coefficient (Wildman–Crippen LogP) is 0.156. The molecule has 11 heteroatoms. The van der Waals surface area contributed by atoms with Gasteiger partial charge in [0, 0.05) is 51.9 Å². The first kappa shape index (κ1) is 25.1. The zero-order chi connectivity index (χ0) is 25.8. The van der Waals surface area contributed by atoms with E-state index in [0.717, 1.165) is 13.1 Å². The number of benzene rings is 1. The van der Waals surface area contributed by atoms with Crippen LogP contribution in [0.1, 0.15) is 25.2 Å². The van der Waals surface area contributed by atoms with Crippen molar-refractivity contribution in [2.24, 2.45) is 7.05 Å². The molecule has 0 radical (unpaired) electrons. The van der Waals surface area contributed by atoms with E-state index in [1.165, 1.54) is 16.2 Å². The molecule has 4 rings (SSSR count). The minimum absolute atomic E-state index is 0.0723. The Morgan fingerprint density at radius 2 is 1.81 bits per heavy atom. The van der Waals surface area contributed by atoms with E-state index in [-0.39, 0.29) is 30.3 Å². The van der Waals surface area contributed by atoms with Gasteiger partial charge in [-0.3, -0.25) is 18.7 Å². The molecular weight excluding hydrogens is 464 g/mol. The second kappa shape index (κ2) is 10.7. The normalized spacial score (nSPS) is 13.4. The van der Waals surface area contributed by atoms with Gasteiger partial charge in [0.05, 0.1) is 7.11 Å². The summed E-state index contributed by atoms with van der Waals surface area (Å²) >= 11 is 0. The Kier molecular flexibility index (Phi) is 7.45. The molecule has 36 heavy (non-hydrogen) atoms. The van der Waals surface area contributed by atoms with E-state index < -0.39 is 0 Å². The maximum atomic E-state index is 12.9. The van der Waals surface area contributed by atoms with Gasteiger partial charge in [-0.1, -0.05) is 5.92 Å².